The molecule has 0 unspecified atom stereocenters. The van der Waals surface area contributed by atoms with Crippen LogP contribution >= 0.6 is 11.6 Å². The van der Waals surface area contributed by atoms with Crippen LogP contribution in [0.25, 0.3) is 5.95 Å². The molecule has 0 spiro atoms. The van der Waals surface area contributed by atoms with Gasteiger partial charge in [-0.3, -0.25) is 4.57 Å². The minimum atomic E-state index is 0.441. The third-order valence-electron chi connectivity index (χ3n) is 1.95. The third kappa shape index (κ3) is 1.61. The van der Waals surface area contributed by atoms with Crippen molar-refractivity contribution in [3.05, 3.63) is 36.2 Å². The van der Waals surface area contributed by atoms with Gasteiger partial charge in [-0.1, -0.05) is 0 Å². The largest absolute Gasteiger partial charge is 0.274 e. The SMILES string of the molecule is Cc1nc(-n2ccnc2)ncc1CCl. The number of alkyl halides is 1. The summed E-state index contributed by atoms with van der Waals surface area (Å²) in [5.74, 6) is 1.06. The van der Waals surface area contributed by atoms with Gasteiger partial charge in [0.15, 0.2) is 0 Å². The first-order chi connectivity index (χ1) is 6.81. The summed E-state index contributed by atoms with van der Waals surface area (Å²) >= 11 is 5.71. The van der Waals surface area contributed by atoms with E-state index in [1.165, 1.54) is 0 Å². The van der Waals surface area contributed by atoms with Gasteiger partial charge in [-0.2, -0.15) is 0 Å². The maximum atomic E-state index is 5.71. The minimum Gasteiger partial charge on any atom is -0.274 e. The topological polar surface area (TPSA) is 43.6 Å². The van der Waals surface area contributed by atoms with Crippen molar-refractivity contribution < 1.29 is 0 Å². The van der Waals surface area contributed by atoms with Crippen LogP contribution in [-0.4, -0.2) is 19.5 Å². The fraction of sp³-hybridized carbons (Fsp3) is 0.222. The fourth-order valence-electron chi connectivity index (χ4n) is 1.11. The van der Waals surface area contributed by atoms with E-state index in [-0.39, 0.29) is 0 Å². The van der Waals surface area contributed by atoms with Crippen LogP contribution in [0.2, 0.25) is 0 Å². The van der Waals surface area contributed by atoms with Crippen LogP contribution in [0.5, 0.6) is 0 Å². The highest BCUT2D eigenvalue weighted by molar-refractivity contribution is 6.17. The van der Waals surface area contributed by atoms with Crippen molar-refractivity contribution in [2.45, 2.75) is 12.8 Å². The van der Waals surface area contributed by atoms with E-state index in [0.717, 1.165) is 11.3 Å². The third-order valence-corrected chi connectivity index (χ3v) is 2.24. The Balaban J connectivity index is 2.43. The average molecular weight is 209 g/mol. The van der Waals surface area contributed by atoms with Crippen LogP contribution in [-0.2, 0) is 5.88 Å². The highest BCUT2D eigenvalue weighted by atomic mass is 35.5. The van der Waals surface area contributed by atoms with Gasteiger partial charge in [0.05, 0.1) is 5.88 Å². The molecule has 2 rings (SSSR count). The zero-order valence-corrected chi connectivity index (χ0v) is 8.44. The number of imidazole rings is 1. The Morgan fingerprint density at radius 2 is 2.36 bits per heavy atom. The quantitative estimate of drug-likeness (QED) is 0.706. The Morgan fingerprint density at radius 1 is 1.50 bits per heavy atom. The first-order valence-electron chi connectivity index (χ1n) is 4.18. The molecule has 0 amide bonds. The molecule has 4 nitrogen and oxygen atoms in total. The van der Waals surface area contributed by atoms with Gasteiger partial charge in [0.1, 0.15) is 6.33 Å². The van der Waals surface area contributed by atoms with E-state index in [0.29, 0.717) is 11.8 Å². The standard InChI is InChI=1S/C9H9ClN4/c1-7-8(4-10)5-12-9(13-7)14-3-2-11-6-14/h2-3,5-6H,4H2,1H3. The average Bonchev–Trinajstić information content (AvgIpc) is 2.70. The number of rotatable bonds is 2. The lowest BCUT2D eigenvalue weighted by molar-refractivity contribution is 0.897. The second-order valence-electron chi connectivity index (χ2n) is 2.88. The summed E-state index contributed by atoms with van der Waals surface area (Å²) in [4.78, 5) is 12.4. The molecule has 0 saturated carbocycles. The van der Waals surface area contributed by atoms with Crippen LogP contribution in [0, 0.1) is 6.92 Å². The normalized spacial score (nSPS) is 10.4. The Kier molecular flexibility index (Phi) is 2.45. The zero-order chi connectivity index (χ0) is 9.97. The summed E-state index contributed by atoms with van der Waals surface area (Å²) in [7, 11) is 0. The first kappa shape index (κ1) is 9.15. The van der Waals surface area contributed by atoms with E-state index >= 15 is 0 Å². The fourth-order valence-corrected chi connectivity index (χ4v) is 1.38. The molecule has 0 N–H and O–H groups in total. The lowest BCUT2D eigenvalue weighted by Crippen LogP contribution is -2.02. The number of aryl methyl sites for hydroxylation is 1. The summed E-state index contributed by atoms with van der Waals surface area (Å²) in [6, 6.07) is 0. The van der Waals surface area contributed by atoms with Crippen molar-refractivity contribution in [1.82, 2.24) is 19.5 Å². The Labute approximate surface area is 86.6 Å². The summed E-state index contributed by atoms with van der Waals surface area (Å²) in [6.45, 7) is 1.92. The summed E-state index contributed by atoms with van der Waals surface area (Å²) < 4.78 is 1.75. The van der Waals surface area contributed by atoms with Gasteiger partial charge in [0, 0.05) is 29.8 Å². The zero-order valence-electron chi connectivity index (χ0n) is 7.68. The second kappa shape index (κ2) is 3.75. The molecule has 2 heterocycles. The van der Waals surface area contributed by atoms with Gasteiger partial charge in [-0.05, 0) is 6.92 Å². The van der Waals surface area contributed by atoms with E-state index in [2.05, 4.69) is 15.0 Å². The number of hydrogen-bond acceptors (Lipinski definition) is 3. The highest BCUT2D eigenvalue weighted by Crippen LogP contribution is 2.08. The monoisotopic (exact) mass is 208 g/mol. The van der Waals surface area contributed by atoms with E-state index in [4.69, 9.17) is 11.6 Å². The van der Waals surface area contributed by atoms with Gasteiger partial charge >= 0.3 is 0 Å². The van der Waals surface area contributed by atoms with E-state index < -0.39 is 0 Å². The molecule has 0 radical (unpaired) electrons. The van der Waals surface area contributed by atoms with Crippen LogP contribution in [0.4, 0.5) is 0 Å². The van der Waals surface area contributed by atoms with Crippen molar-refractivity contribution in [1.29, 1.82) is 0 Å². The van der Waals surface area contributed by atoms with E-state index in [9.17, 15) is 0 Å². The highest BCUT2D eigenvalue weighted by Gasteiger charge is 2.03. The lowest BCUT2D eigenvalue weighted by atomic mass is 10.3. The van der Waals surface area contributed by atoms with Gasteiger partial charge in [0.25, 0.3) is 0 Å². The molecular formula is C9H9ClN4. The van der Waals surface area contributed by atoms with Crippen LogP contribution < -0.4 is 0 Å². The Morgan fingerprint density at radius 3 is 2.93 bits per heavy atom. The smallest absolute Gasteiger partial charge is 0.235 e. The van der Waals surface area contributed by atoms with Crippen LogP contribution in [0.1, 0.15) is 11.3 Å². The number of nitrogens with zero attached hydrogens (tertiary/aromatic N) is 4. The molecule has 0 bridgehead atoms. The molecule has 0 aliphatic rings. The predicted octanol–water partition coefficient (Wildman–Crippen LogP) is 1.71. The van der Waals surface area contributed by atoms with Crippen LogP contribution in [0.3, 0.4) is 0 Å². The number of hydrogen-bond donors (Lipinski definition) is 0. The molecule has 14 heavy (non-hydrogen) atoms. The van der Waals surface area contributed by atoms with E-state index in [1.807, 2.05) is 6.92 Å². The molecular weight excluding hydrogens is 200 g/mol. The van der Waals surface area contributed by atoms with Gasteiger partial charge in [0.2, 0.25) is 5.95 Å². The van der Waals surface area contributed by atoms with Crippen LogP contribution in [0.15, 0.2) is 24.9 Å². The second-order valence-corrected chi connectivity index (χ2v) is 3.15. The molecule has 0 aromatic carbocycles. The molecule has 0 aliphatic carbocycles. The van der Waals surface area contributed by atoms with E-state index in [1.54, 1.807) is 29.5 Å². The van der Waals surface area contributed by atoms with Crippen molar-refractivity contribution in [2.24, 2.45) is 0 Å². The van der Waals surface area contributed by atoms with Crippen molar-refractivity contribution >= 4 is 11.6 Å². The molecule has 0 aliphatic heterocycles. The van der Waals surface area contributed by atoms with Crippen molar-refractivity contribution in [2.75, 3.05) is 0 Å². The summed E-state index contributed by atoms with van der Waals surface area (Å²) in [5.41, 5.74) is 1.86. The minimum absolute atomic E-state index is 0.441. The molecule has 0 atom stereocenters. The molecule has 2 aromatic heterocycles. The molecule has 5 heteroatoms. The first-order valence-corrected chi connectivity index (χ1v) is 4.71. The van der Waals surface area contributed by atoms with Crippen molar-refractivity contribution in [3.8, 4) is 5.95 Å². The maximum absolute atomic E-state index is 5.71. The van der Waals surface area contributed by atoms with Gasteiger partial charge < -0.3 is 0 Å². The summed E-state index contributed by atoms with van der Waals surface area (Å²) in [6.07, 6.45) is 6.89. The van der Waals surface area contributed by atoms with Crippen molar-refractivity contribution in [3.63, 3.8) is 0 Å². The predicted molar refractivity (Wildman–Crippen MR) is 53.4 cm³/mol. The molecule has 0 fully saturated rings. The molecule has 2 aromatic rings. The van der Waals surface area contributed by atoms with Gasteiger partial charge in [-0.15, -0.1) is 11.6 Å². The summed E-state index contributed by atoms with van der Waals surface area (Å²) in [5, 5.41) is 0. The number of aromatic nitrogens is 4. The molecule has 0 saturated heterocycles. The maximum Gasteiger partial charge on any atom is 0.235 e. The van der Waals surface area contributed by atoms with Gasteiger partial charge in [-0.25, -0.2) is 15.0 Å². The lowest BCUT2D eigenvalue weighted by Gasteiger charge is -2.03. The molecule has 72 valence electrons. The number of halogens is 1. The Hall–Kier alpha value is -1.42. The Bertz CT molecular complexity index is 424.